The number of primary amides is 3. The summed E-state index contributed by atoms with van der Waals surface area (Å²) in [6.45, 7) is 3.78. The first-order valence-corrected chi connectivity index (χ1v) is 36.7. The Labute approximate surface area is 601 Å². The lowest BCUT2D eigenvalue weighted by atomic mass is 10.0. The maximum Gasteiger partial charge on any atom is 0.245 e. The summed E-state index contributed by atoms with van der Waals surface area (Å²) in [5.41, 5.74) is 41.2. The van der Waals surface area contributed by atoms with Crippen LogP contribution in [0.1, 0.15) is 121 Å². The SMILES string of the molecule is CSCC[C@H](NC(=O)[C@H](CC(C)C)NC(=O)CNC(=O)[C@H](CSCc1ccc(O)c2ncccc12)NC(=O)[C@H](Cc1ccccc1)NC(=O)[C@H](CCC(N)=O)NC(=O)[C@H](CCC(N)=O)NC(=O)[C@@H]1CCCN1C(=O)[C@H](CCCCN)NC(=O)[C@@H]1CCCN1C(=O)[C@@H](N)CCCN=C(N)N)C(N)=O. The molecule has 10 atom stereocenters. The van der Waals surface area contributed by atoms with Gasteiger partial charge in [0.05, 0.1) is 12.6 Å². The van der Waals surface area contributed by atoms with Crippen LogP contribution in [-0.2, 0) is 74.5 Å². The Kier molecular flexibility index (Phi) is 35.0. The summed E-state index contributed by atoms with van der Waals surface area (Å²) in [5.74, 6) is -10.1. The zero-order chi connectivity index (χ0) is 75.0. The number of nitrogens with one attached hydrogen (secondary N) is 8. The van der Waals surface area contributed by atoms with E-state index in [4.69, 9.17) is 40.1 Å². The molecule has 5 rings (SSSR count). The number of benzene rings is 2. The van der Waals surface area contributed by atoms with Gasteiger partial charge >= 0.3 is 0 Å². The number of amides is 13. The summed E-state index contributed by atoms with van der Waals surface area (Å²) in [4.78, 5) is 190. The molecule has 3 heterocycles. The van der Waals surface area contributed by atoms with Crippen LogP contribution in [0.5, 0.6) is 5.75 Å². The number of aliphatic imine (C=N–C) groups is 1. The minimum absolute atomic E-state index is 0.0614. The number of aromatic hydroxyl groups is 1. The third-order valence-electron chi connectivity index (χ3n) is 17.1. The van der Waals surface area contributed by atoms with E-state index in [1.165, 1.54) is 45.6 Å². The van der Waals surface area contributed by atoms with Gasteiger partial charge in [-0.05, 0) is 131 Å². The largest absolute Gasteiger partial charge is 0.506 e. The molecule has 2 aliphatic rings. The Morgan fingerprint density at radius 1 is 0.618 bits per heavy atom. The van der Waals surface area contributed by atoms with Gasteiger partial charge in [-0.3, -0.25) is 72.3 Å². The molecule has 2 fully saturated rings. The summed E-state index contributed by atoms with van der Waals surface area (Å²) in [5, 5.41) is 32.3. The van der Waals surface area contributed by atoms with E-state index in [0.717, 1.165) is 0 Å². The van der Waals surface area contributed by atoms with Gasteiger partial charge in [0, 0.05) is 62.0 Å². The second-order valence-electron chi connectivity index (χ2n) is 25.6. The number of guanidine groups is 1. The van der Waals surface area contributed by atoms with Crippen molar-refractivity contribution in [1.82, 2.24) is 57.3 Å². The number of hydrogen-bond acceptors (Lipinski definition) is 20. The van der Waals surface area contributed by atoms with E-state index in [1.807, 2.05) is 20.1 Å². The fourth-order valence-corrected chi connectivity index (χ4v) is 13.3. The molecule has 0 radical (unpaired) electrons. The molecule has 102 heavy (non-hydrogen) atoms. The highest BCUT2D eigenvalue weighted by molar-refractivity contribution is 7.98. The fraction of sp³-hybridized carbons (Fsp3) is 0.567. The molecule has 0 unspecified atom stereocenters. The van der Waals surface area contributed by atoms with Crippen molar-refractivity contribution >= 4 is 117 Å². The number of likely N-dealkylation sites (tertiary alicyclic amines) is 2. The smallest absolute Gasteiger partial charge is 0.245 e. The van der Waals surface area contributed by atoms with Crippen LogP contribution >= 0.6 is 23.5 Å². The molecule has 33 nitrogen and oxygen atoms in total. The van der Waals surface area contributed by atoms with Gasteiger partial charge in [-0.2, -0.15) is 23.5 Å². The number of phenols is 1. The van der Waals surface area contributed by atoms with Crippen molar-refractivity contribution in [2.24, 2.45) is 51.0 Å². The first-order chi connectivity index (χ1) is 48.6. The standard InChI is InChI=1S/C67H101N19O14S2/c1-38(2)33-47(61(95)79-43(57(72)91)26-32-101-3)78-55(90)35-77-58(92)49(37-102-36-40-20-23-52(87)56-41(40)15-9-28-75-56)84-62(96)48(34-39-13-5-4-6-14-39)83-60(94)44(21-24-53(70)88)80-59(93)45(22-25-54(71)89)81-63(97)51-19-12-31-86(51)66(100)46(17-7-8-27-68)82-64(98)50-18-11-30-85(50)65(99)42(69)16-10-29-76-67(73)74/h4-6,9,13-15,20,23,28,38,42-51,87H,7-8,10-12,16-19,21-22,24-27,29-37,68-69H2,1-3H3,(H2,70,88)(H2,71,89)(H2,72,91)(H,77,92)(H,78,90)(H,79,95)(H,80,93)(H,81,97)(H,82,98)(H,83,94)(H,84,96)(H4,73,74,76)/t42-,43-,44-,45-,46-,47-,48-,49-,50-,51-/m0/s1. The highest BCUT2D eigenvalue weighted by Gasteiger charge is 2.42. The minimum atomic E-state index is -1.68. The van der Waals surface area contributed by atoms with E-state index >= 15 is 0 Å². The highest BCUT2D eigenvalue weighted by Crippen LogP contribution is 2.29. The average molecular weight is 1460 g/mol. The summed E-state index contributed by atoms with van der Waals surface area (Å²) in [6.07, 6.45) is 4.51. The highest BCUT2D eigenvalue weighted by atomic mass is 32.2. The van der Waals surface area contributed by atoms with Crippen molar-refractivity contribution in [2.75, 3.05) is 50.5 Å². The number of rotatable bonds is 44. The third-order valence-corrected chi connectivity index (χ3v) is 18.9. The number of unbranched alkanes of at least 4 members (excludes halogenated alkanes) is 1. The van der Waals surface area contributed by atoms with Crippen molar-refractivity contribution in [3.8, 4) is 5.75 Å². The van der Waals surface area contributed by atoms with Gasteiger partial charge in [0.15, 0.2) is 5.96 Å². The molecule has 2 aromatic carbocycles. The lowest BCUT2D eigenvalue weighted by Crippen LogP contribution is -2.60. The predicted molar refractivity (Wildman–Crippen MR) is 385 cm³/mol. The van der Waals surface area contributed by atoms with Gasteiger partial charge in [-0.15, -0.1) is 0 Å². The molecule has 2 saturated heterocycles. The number of aromatic nitrogens is 1. The fourth-order valence-electron chi connectivity index (χ4n) is 11.8. The molecule has 0 aliphatic carbocycles. The summed E-state index contributed by atoms with van der Waals surface area (Å²) < 4.78 is 0. The zero-order valence-electron chi connectivity index (χ0n) is 58.0. The van der Waals surface area contributed by atoms with Gasteiger partial charge in [0.1, 0.15) is 65.6 Å². The van der Waals surface area contributed by atoms with Crippen molar-refractivity contribution in [2.45, 2.75) is 183 Å². The summed E-state index contributed by atoms with van der Waals surface area (Å²) >= 11 is 2.63. The molecule has 23 N–H and O–H groups in total. The number of fused-ring (bicyclic) bond motifs is 1. The van der Waals surface area contributed by atoms with Crippen molar-refractivity contribution in [3.05, 3.63) is 71.9 Å². The first kappa shape index (κ1) is 83.3. The number of hydrogen-bond donors (Lipinski definition) is 16. The minimum Gasteiger partial charge on any atom is -0.506 e. The van der Waals surface area contributed by atoms with E-state index in [1.54, 1.807) is 48.5 Å². The molecule has 13 amide bonds. The van der Waals surface area contributed by atoms with Crippen LogP contribution in [0.15, 0.2) is 65.8 Å². The number of nitrogens with two attached hydrogens (primary N) is 7. The van der Waals surface area contributed by atoms with Crippen molar-refractivity contribution in [1.29, 1.82) is 0 Å². The Bertz CT molecular complexity index is 3420. The lowest BCUT2D eigenvalue weighted by molar-refractivity contribution is -0.144. The molecule has 1 aromatic heterocycles. The maximum absolute atomic E-state index is 14.9. The third kappa shape index (κ3) is 27.2. The monoisotopic (exact) mass is 1460 g/mol. The number of thioether (sulfide) groups is 2. The zero-order valence-corrected chi connectivity index (χ0v) is 59.6. The van der Waals surface area contributed by atoms with E-state index in [9.17, 15) is 67.4 Å². The number of carbonyl (C=O) groups is 13. The van der Waals surface area contributed by atoms with E-state index in [-0.39, 0.29) is 93.8 Å². The molecule has 35 heteroatoms. The van der Waals surface area contributed by atoms with Crippen LogP contribution in [0.3, 0.4) is 0 Å². The van der Waals surface area contributed by atoms with Gasteiger partial charge in [0.25, 0.3) is 0 Å². The second-order valence-corrected chi connectivity index (χ2v) is 27.6. The van der Waals surface area contributed by atoms with Crippen LogP contribution in [-0.4, -0.2) is 214 Å². The Hall–Kier alpha value is -9.35. The van der Waals surface area contributed by atoms with Crippen molar-refractivity contribution < 1.29 is 67.4 Å². The molecule has 0 bridgehead atoms. The van der Waals surface area contributed by atoms with Crippen LogP contribution in [0.2, 0.25) is 0 Å². The maximum atomic E-state index is 14.9. The van der Waals surface area contributed by atoms with Crippen LogP contribution in [0.25, 0.3) is 10.9 Å². The summed E-state index contributed by atoms with van der Waals surface area (Å²) in [7, 11) is 0. The van der Waals surface area contributed by atoms with Gasteiger partial charge in [0.2, 0.25) is 76.8 Å². The van der Waals surface area contributed by atoms with Crippen molar-refractivity contribution in [3.63, 3.8) is 0 Å². The second kappa shape index (κ2) is 42.8. The lowest BCUT2D eigenvalue weighted by Gasteiger charge is -2.32. The Morgan fingerprint density at radius 2 is 1.20 bits per heavy atom. The molecule has 0 saturated carbocycles. The van der Waals surface area contributed by atoms with Gasteiger partial charge in [-0.1, -0.05) is 56.3 Å². The Morgan fingerprint density at radius 3 is 1.79 bits per heavy atom. The van der Waals surface area contributed by atoms with Crippen LogP contribution in [0, 0.1) is 5.92 Å². The molecular formula is C67H101N19O14S2. The topological polar surface area (TPSA) is 552 Å². The quantitative estimate of drug-likeness (QED) is 0.0155. The molecule has 0 spiro atoms. The van der Waals surface area contributed by atoms with E-state index < -0.39 is 169 Å². The van der Waals surface area contributed by atoms with Gasteiger partial charge < -0.3 is 97.6 Å². The number of phenolic OH excluding ortho intramolecular Hbond substituents is 1. The number of nitrogens with zero attached hydrogens (tertiary/aromatic N) is 4. The normalized spacial score (nSPS) is 16.5. The molecular weight excluding hydrogens is 1360 g/mol. The van der Waals surface area contributed by atoms with E-state index in [0.29, 0.717) is 66.3 Å². The van der Waals surface area contributed by atoms with Crippen LogP contribution < -0.4 is 82.7 Å². The predicted octanol–water partition coefficient (Wildman–Crippen LogP) is -2.77. The summed E-state index contributed by atoms with van der Waals surface area (Å²) in [6, 6.07) is 2.21. The van der Waals surface area contributed by atoms with E-state index in [2.05, 4.69) is 52.5 Å². The average Bonchev–Trinajstić information content (AvgIpc) is 1.36. The number of pyridine rings is 1. The van der Waals surface area contributed by atoms with Crippen LogP contribution in [0.4, 0.5) is 0 Å². The molecule has 2 aliphatic heterocycles. The molecule has 560 valence electrons. The number of carbonyl (C=O) groups excluding carboxylic acids is 13. The first-order valence-electron chi connectivity index (χ1n) is 34.2. The Balaban J connectivity index is 1.38. The molecule has 3 aromatic rings. The van der Waals surface area contributed by atoms with Gasteiger partial charge in [-0.25, -0.2) is 0 Å².